The highest BCUT2D eigenvalue weighted by molar-refractivity contribution is 5.65. The van der Waals surface area contributed by atoms with Crippen molar-refractivity contribution in [2.24, 2.45) is 0 Å². The van der Waals surface area contributed by atoms with Gasteiger partial charge in [-0.05, 0) is 6.42 Å². The molecule has 1 N–H and O–H groups in total. The molecule has 3 heteroatoms. The van der Waals surface area contributed by atoms with E-state index in [0.29, 0.717) is 6.42 Å². The van der Waals surface area contributed by atoms with Crippen LogP contribution in [0, 0.1) is 0 Å². The minimum atomic E-state index is -0.907. The molecule has 0 saturated heterocycles. The molecule has 0 rings (SSSR count). The quantitative estimate of drug-likeness (QED) is 0.252. The molecule has 0 amide bonds. The number of hydrogen-bond donors (Lipinski definition) is 1. The molecule has 0 heterocycles. The Bertz CT molecular complexity index is 229. The third-order valence-corrected chi connectivity index (χ3v) is 3.86. The van der Waals surface area contributed by atoms with E-state index < -0.39 is 12.3 Å². The van der Waals surface area contributed by atoms with Crippen LogP contribution in [0.5, 0.6) is 0 Å². The van der Waals surface area contributed by atoms with Gasteiger partial charge in [-0.25, -0.2) is 0 Å². The molecule has 0 radical (unpaired) electrons. The van der Waals surface area contributed by atoms with Crippen LogP contribution in [0.2, 0.25) is 0 Å². The standard InChI is InChI=1S/C18H36O3/c1-3-4-5-6-7-8-9-10-11-12-13-14-15-16-18(20)21-17(2)19/h18,20H,3-16H2,1-2H3. The van der Waals surface area contributed by atoms with E-state index in [1.54, 1.807) is 0 Å². The third kappa shape index (κ3) is 17.4. The lowest BCUT2D eigenvalue weighted by Gasteiger charge is -2.09. The van der Waals surface area contributed by atoms with Gasteiger partial charge >= 0.3 is 5.97 Å². The van der Waals surface area contributed by atoms with Crippen molar-refractivity contribution in [2.45, 2.75) is 110 Å². The summed E-state index contributed by atoms with van der Waals surface area (Å²) in [4.78, 5) is 10.6. The van der Waals surface area contributed by atoms with Crippen LogP contribution in [0.1, 0.15) is 104 Å². The number of carbonyl (C=O) groups is 1. The highest BCUT2D eigenvalue weighted by Crippen LogP contribution is 2.13. The van der Waals surface area contributed by atoms with Crippen LogP contribution >= 0.6 is 0 Å². The minimum Gasteiger partial charge on any atom is -0.436 e. The van der Waals surface area contributed by atoms with Crippen LogP contribution in [-0.2, 0) is 9.53 Å². The van der Waals surface area contributed by atoms with Crippen molar-refractivity contribution in [3.05, 3.63) is 0 Å². The Morgan fingerprint density at radius 3 is 1.57 bits per heavy atom. The smallest absolute Gasteiger partial charge is 0.304 e. The van der Waals surface area contributed by atoms with E-state index in [2.05, 4.69) is 11.7 Å². The molecule has 1 atom stereocenters. The summed E-state index contributed by atoms with van der Waals surface area (Å²) in [5, 5.41) is 9.35. The van der Waals surface area contributed by atoms with Crippen molar-refractivity contribution in [1.29, 1.82) is 0 Å². The molecule has 0 spiro atoms. The molecule has 0 aliphatic rings. The number of ether oxygens (including phenoxy) is 1. The first-order chi connectivity index (χ1) is 10.2. The van der Waals surface area contributed by atoms with Gasteiger partial charge in [-0.3, -0.25) is 4.79 Å². The summed E-state index contributed by atoms with van der Waals surface area (Å²) in [5.74, 6) is -0.405. The maximum atomic E-state index is 10.6. The minimum absolute atomic E-state index is 0.405. The van der Waals surface area contributed by atoms with E-state index in [4.69, 9.17) is 0 Å². The molecule has 0 bridgehead atoms. The summed E-state index contributed by atoms with van der Waals surface area (Å²) >= 11 is 0. The molecule has 1 unspecified atom stereocenters. The van der Waals surface area contributed by atoms with Crippen molar-refractivity contribution in [3.63, 3.8) is 0 Å². The fraction of sp³-hybridized carbons (Fsp3) is 0.944. The number of rotatable bonds is 15. The second kappa shape index (κ2) is 15.8. The van der Waals surface area contributed by atoms with Crippen molar-refractivity contribution in [2.75, 3.05) is 0 Å². The Kier molecular flexibility index (Phi) is 15.4. The molecule has 0 aliphatic carbocycles. The molecular weight excluding hydrogens is 264 g/mol. The van der Waals surface area contributed by atoms with E-state index in [-0.39, 0.29) is 0 Å². The number of hydrogen-bond acceptors (Lipinski definition) is 3. The van der Waals surface area contributed by atoms with Crippen LogP contribution in [0.25, 0.3) is 0 Å². The lowest BCUT2D eigenvalue weighted by atomic mass is 10.0. The Hall–Kier alpha value is -0.570. The summed E-state index contributed by atoms with van der Waals surface area (Å²) in [5.41, 5.74) is 0. The molecule has 21 heavy (non-hydrogen) atoms. The zero-order valence-electron chi connectivity index (χ0n) is 14.2. The van der Waals surface area contributed by atoms with Gasteiger partial charge in [0.2, 0.25) is 6.29 Å². The van der Waals surface area contributed by atoms with Gasteiger partial charge in [-0.2, -0.15) is 0 Å². The van der Waals surface area contributed by atoms with Crippen molar-refractivity contribution in [3.8, 4) is 0 Å². The molecule has 0 saturated carbocycles. The summed E-state index contributed by atoms with van der Waals surface area (Å²) in [7, 11) is 0. The van der Waals surface area contributed by atoms with Gasteiger partial charge in [-0.15, -0.1) is 0 Å². The fourth-order valence-corrected chi connectivity index (χ4v) is 2.59. The first kappa shape index (κ1) is 20.4. The molecule has 0 fully saturated rings. The molecule has 0 aromatic rings. The third-order valence-electron chi connectivity index (χ3n) is 3.86. The van der Waals surface area contributed by atoms with E-state index in [0.717, 1.165) is 12.8 Å². The van der Waals surface area contributed by atoms with Crippen molar-refractivity contribution >= 4 is 5.97 Å². The predicted molar refractivity (Wildman–Crippen MR) is 88.1 cm³/mol. The zero-order valence-corrected chi connectivity index (χ0v) is 14.2. The molecular formula is C18H36O3. The first-order valence-electron chi connectivity index (χ1n) is 9.02. The Morgan fingerprint density at radius 2 is 1.19 bits per heavy atom. The summed E-state index contributed by atoms with van der Waals surface area (Å²) in [6.07, 6.45) is 16.7. The van der Waals surface area contributed by atoms with E-state index in [1.807, 2.05) is 0 Å². The van der Waals surface area contributed by atoms with Gasteiger partial charge in [-0.1, -0.05) is 84.0 Å². The van der Waals surface area contributed by atoms with Gasteiger partial charge < -0.3 is 9.84 Å². The van der Waals surface area contributed by atoms with E-state index >= 15 is 0 Å². The Labute approximate surface area is 131 Å². The van der Waals surface area contributed by atoms with Crippen LogP contribution in [0.15, 0.2) is 0 Å². The SMILES string of the molecule is CCCCCCCCCCCCCCCC(O)OC(C)=O. The lowest BCUT2D eigenvalue weighted by molar-refractivity contribution is -0.165. The molecule has 126 valence electrons. The highest BCUT2D eigenvalue weighted by Gasteiger charge is 2.05. The van der Waals surface area contributed by atoms with E-state index in [1.165, 1.54) is 77.6 Å². The highest BCUT2D eigenvalue weighted by atomic mass is 16.6. The fourth-order valence-electron chi connectivity index (χ4n) is 2.59. The Balaban J connectivity index is 3.07. The monoisotopic (exact) mass is 300 g/mol. The predicted octanol–water partition coefficient (Wildman–Crippen LogP) is 5.35. The molecule has 0 aromatic carbocycles. The summed E-state index contributed by atoms with van der Waals surface area (Å²) in [6.45, 7) is 3.59. The number of aliphatic hydroxyl groups excluding tert-OH is 1. The lowest BCUT2D eigenvalue weighted by Crippen LogP contribution is -2.14. The van der Waals surface area contributed by atoms with Crippen LogP contribution in [-0.4, -0.2) is 17.4 Å². The summed E-state index contributed by atoms with van der Waals surface area (Å²) in [6, 6.07) is 0. The number of carbonyl (C=O) groups excluding carboxylic acids is 1. The van der Waals surface area contributed by atoms with Gasteiger partial charge in [0.1, 0.15) is 0 Å². The average molecular weight is 300 g/mol. The number of esters is 1. The van der Waals surface area contributed by atoms with Crippen LogP contribution in [0.4, 0.5) is 0 Å². The van der Waals surface area contributed by atoms with Gasteiger partial charge in [0.05, 0.1) is 0 Å². The molecule has 0 aliphatic heterocycles. The first-order valence-corrected chi connectivity index (χ1v) is 9.02. The topological polar surface area (TPSA) is 46.5 Å². The van der Waals surface area contributed by atoms with Gasteiger partial charge in [0, 0.05) is 13.3 Å². The average Bonchev–Trinajstić information content (AvgIpc) is 2.43. The summed E-state index contributed by atoms with van der Waals surface area (Å²) < 4.78 is 4.67. The van der Waals surface area contributed by atoms with Gasteiger partial charge in [0.25, 0.3) is 0 Å². The molecule has 0 aromatic heterocycles. The maximum absolute atomic E-state index is 10.6. The van der Waals surface area contributed by atoms with Crippen LogP contribution in [0.3, 0.4) is 0 Å². The largest absolute Gasteiger partial charge is 0.436 e. The van der Waals surface area contributed by atoms with Crippen molar-refractivity contribution < 1.29 is 14.6 Å². The zero-order chi connectivity index (χ0) is 15.8. The number of unbranched alkanes of at least 4 members (excludes halogenated alkanes) is 12. The number of aliphatic hydroxyl groups is 1. The normalized spacial score (nSPS) is 12.3. The second-order valence-corrected chi connectivity index (χ2v) is 6.10. The van der Waals surface area contributed by atoms with Crippen LogP contribution < -0.4 is 0 Å². The molecule has 3 nitrogen and oxygen atoms in total. The Morgan fingerprint density at radius 1 is 0.810 bits per heavy atom. The second-order valence-electron chi connectivity index (χ2n) is 6.10. The van der Waals surface area contributed by atoms with E-state index in [9.17, 15) is 9.90 Å². The van der Waals surface area contributed by atoms with Crippen molar-refractivity contribution in [1.82, 2.24) is 0 Å². The van der Waals surface area contributed by atoms with Gasteiger partial charge in [0.15, 0.2) is 0 Å². The maximum Gasteiger partial charge on any atom is 0.304 e.